The molecule has 0 saturated heterocycles. The summed E-state index contributed by atoms with van der Waals surface area (Å²) in [7, 11) is 0. The van der Waals surface area contributed by atoms with E-state index in [4.69, 9.17) is 4.74 Å². The second-order valence-corrected chi connectivity index (χ2v) is 11.0. The predicted molar refractivity (Wildman–Crippen MR) is 138 cm³/mol. The lowest BCUT2D eigenvalue weighted by molar-refractivity contribution is -0.121. The molecule has 8 heteroatoms. The Morgan fingerprint density at radius 2 is 2.00 bits per heavy atom. The van der Waals surface area contributed by atoms with Crippen LogP contribution in [0.25, 0.3) is 17.1 Å². The fourth-order valence-electron chi connectivity index (χ4n) is 5.69. The van der Waals surface area contributed by atoms with Gasteiger partial charge in [-0.05, 0) is 94.2 Å². The molecule has 5 unspecified atom stereocenters. The summed E-state index contributed by atoms with van der Waals surface area (Å²) in [6, 6.07) is 11.9. The highest BCUT2D eigenvalue weighted by atomic mass is 32.2. The highest BCUT2D eigenvalue weighted by molar-refractivity contribution is 8.00. The number of hydrogen-bond acceptors (Lipinski definition) is 6. The van der Waals surface area contributed by atoms with Crippen LogP contribution in [-0.4, -0.2) is 43.6 Å². The molecule has 2 saturated carbocycles. The molecule has 7 nitrogen and oxygen atoms in total. The Kier molecular flexibility index (Phi) is 7.09. The molecule has 0 spiro atoms. The molecule has 35 heavy (non-hydrogen) atoms. The Hall–Kier alpha value is -2.87. The first-order chi connectivity index (χ1) is 17.0. The third-order valence-electron chi connectivity index (χ3n) is 7.42. The summed E-state index contributed by atoms with van der Waals surface area (Å²) in [6.45, 7) is 6.69. The lowest BCUT2D eigenvalue weighted by atomic mass is 9.84. The van der Waals surface area contributed by atoms with E-state index >= 15 is 0 Å². The molecule has 0 radical (unpaired) electrons. The van der Waals surface area contributed by atoms with Crippen molar-refractivity contribution in [1.29, 1.82) is 0 Å². The second-order valence-electron chi connectivity index (χ2n) is 9.71. The number of rotatable bonds is 9. The van der Waals surface area contributed by atoms with Crippen LogP contribution >= 0.6 is 11.8 Å². The molecule has 2 fully saturated rings. The number of carbonyl (C=O) groups excluding carboxylic acids is 1. The van der Waals surface area contributed by atoms with Gasteiger partial charge in [0.05, 0.1) is 11.9 Å². The molecule has 0 aliphatic heterocycles. The molecule has 3 aromatic rings. The molecule has 184 valence electrons. The van der Waals surface area contributed by atoms with Crippen molar-refractivity contribution in [2.75, 3.05) is 6.61 Å². The molecular weight excluding hydrogens is 458 g/mol. The SMILES string of the molecule is CCOc1ccc(-n2c(SC(C)C(=O)NC(C)C3CC4CCC3C4)nnc2-c2cccnc2)cc1. The number of benzene rings is 1. The van der Waals surface area contributed by atoms with Crippen LogP contribution in [0.4, 0.5) is 0 Å². The average Bonchev–Trinajstić information content (AvgIpc) is 3.61. The second kappa shape index (κ2) is 10.4. The van der Waals surface area contributed by atoms with E-state index in [-0.39, 0.29) is 17.2 Å². The van der Waals surface area contributed by atoms with Crippen molar-refractivity contribution in [3.8, 4) is 22.8 Å². The van der Waals surface area contributed by atoms with E-state index in [2.05, 4.69) is 27.4 Å². The van der Waals surface area contributed by atoms with Crippen molar-refractivity contribution in [1.82, 2.24) is 25.1 Å². The summed E-state index contributed by atoms with van der Waals surface area (Å²) < 4.78 is 7.59. The van der Waals surface area contributed by atoms with E-state index < -0.39 is 0 Å². The Labute approximate surface area is 211 Å². The smallest absolute Gasteiger partial charge is 0.233 e. The molecule has 1 aromatic carbocycles. The summed E-state index contributed by atoms with van der Waals surface area (Å²) in [4.78, 5) is 17.4. The van der Waals surface area contributed by atoms with E-state index in [0.29, 0.717) is 23.5 Å². The van der Waals surface area contributed by atoms with Crippen LogP contribution in [-0.2, 0) is 4.79 Å². The molecule has 5 rings (SSSR count). The standard InChI is InChI=1S/C27H33N5O2S/c1-4-34-23-11-9-22(10-12-23)32-25(21-6-5-13-28-16-21)30-31-27(32)35-18(3)26(33)29-17(2)24-15-19-7-8-20(24)14-19/h5-6,9-13,16-20,24H,4,7-8,14-15H2,1-3H3,(H,29,33). The maximum atomic E-state index is 13.1. The number of aromatic nitrogens is 4. The van der Waals surface area contributed by atoms with Gasteiger partial charge >= 0.3 is 0 Å². The number of pyridine rings is 1. The van der Waals surface area contributed by atoms with E-state index in [1.165, 1.54) is 37.4 Å². The predicted octanol–water partition coefficient (Wildman–Crippen LogP) is 5.15. The number of hydrogen-bond donors (Lipinski definition) is 1. The van der Waals surface area contributed by atoms with Gasteiger partial charge in [0.2, 0.25) is 5.91 Å². The lowest BCUT2D eigenvalue weighted by Gasteiger charge is -2.29. The van der Waals surface area contributed by atoms with Crippen molar-refractivity contribution in [3.63, 3.8) is 0 Å². The summed E-state index contributed by atoms with van der Waals surface area (Å²) in [6.07, 6.45) is 8.81. The fourth-order valence-corrected chi connectivity index (χ4v) is 6.56. The van der Waals surface area contributed by atoms with Gasteiger partial charge < -0.3 is 10.1 Å². The number of fused-ring (bicyclic) bond motifs is 2. The van der Waals surface area contributed by atoms with E-state index in [0.717, 1.165) is 28.8 Å². The van der Waals surface area contributed by atoms with Crippen LogP contribution in [0.15, 0.2) is 53.9 Å². The third kappa shape index (κ3) is 5.08. The van der Waals surface area contributed by atoms with Gasteiger partial charge in [0, 0.05) is 29.7 Å². The van der Waals surface area contributed by atoms with Crippen LogP contribution < -0.4 is 10.1 Å². The number of amides is 1. The molecule has 1 N–H and O–H groups in total. The fraction of sp³-hybridized carbons (Fsp3) is 0.481. The van der Waals surface area contributed by atoms with Crippen LogP contribution in [0.3, 0.4) is 0 Å². The number of thioether (sulfide) groups is 1. The van der Waals surface area contributed by atoms with Gasteiger partial charge in [0.25, 0.3) is 0 Å². The first kappa shape index (κ1) is 23.9. The molecule has 2 aromatic heterocycles. The van der Waals surface area contributed by atoms with Crippen molar-refractivity contribution in [3.05, 3.63) is 48.8 Å². The van der Waals surface area contributed by atoms with Gasteiger partial charge in [-0.2, -0.15) is 0 Å². The third-order valence-corrected chi connectivity index (χ3v) is 8.46. The Morgan fingerprint density at radius 1 is 1.17 bits per heavy atom. The first-order valence-electron chi connectivity index (χ1n) is 12.6. The van der Waals surface area contributed by atoms with Crippen molar-refractivity contribution in [2.45, 2.75) is 62.9 Å². The van der Waals surface area contributed by atoms with Gasteiger partial charge in [-0.25, -0.2) is 0 Å². The first-order valence-corrected chi connectivity index (χ1v) is 13.5. The number of ether oxygens (including phenoxy) is 1. The zero-order valence-electron chi connectivity index (χ0n) is 20.6. The van der Waals surface area contributed by atoms with Gasteiger partial charge in [-0.15, -0.1) is 10.2 Å². The number of nitrogens with zero attached hydrogens (tertiary/aromatic N) is 4. The van der Waals surface area contributed by atoms with E-state index in [1.807, 2.05) is 54.8 Å². The summed E-state index contributed by atoms with van der Waals surface area (Å²) >= 11 is 1.43. The Bertz CT molecular complexity index is 1150. The van der Waals surface area contributed by atoms with Crippen LogP contribution in [0, 0.1) is 17.8 Å². The molecule has 2 aliphatic rings. The minimum Gasteiger partial charge on any atom is -0.494 e. The van der Waals surface area contributed by atoms with Crippen molar-refractivity contribution in [2.24, 2.45) is 17.8 Å². The number of carbonyl (C=O) groups is 1. The summed E-state index contributed by atoms with van der Waals surface area (Å²) in [5.41, 5.74) is 1.77. The molecule has 5 atom stereocenters. The summed E-state index contributed by atoms with van der Waals surface area (Å²) in [5.74, 6) is 3.81. The molecule has 2 bridgehead atoms. The van der Waals surface area contributed by atoms with E-state index in [9.17, 15) is 4.79 Å². The maximum absolute atomic E-state index is 13.1. The summed E-state index contributed by atoms with van der Waals surface area (Å²) in [5, 5.41) is 12.6. The minimum atomic E-state index is -0.302. The molecule has 1 amide bonds. The van der Waals surface area contributed by atoms with Gasteiger partial charge in [-0.1, -0.05) is 18.2 Å². The largest absolute Gasteiger partial charge is 0.494 e. The van der Waals surface area contributed by atoms with Gasteiger partial charge in [0.1, 0.15) is 5.75 Å². The van der Waals surface area contributed by atoms with Gasteiger partial charge in [0.15, 0.2) is 11.0 Å². The Morgan fingerprint density at radius 3 is 2.66 bits per heavy atom. The van der Waals surface area contributed by atoms with Crippen molar-refractivity contribution >= 4 is 17.7 Å². The number of nitrogens with one attached hydrogen (secondary N) is 1. The van der Waals surface area contributed by atoms with E-state index in [1.54, 1.807) is 12.4 Å². The quantitative estimate of drug-likeness (QED) is 0.417. The normalized spacial score (nSPS) is 22.7. The minimum absolute atomic E-state index is 0.0504. The highest BCUT2D eigenvalue weighted by Crippen LogP contribution is 2.49. The molecule has 2 heterocycles. The maximum Gasteiger partial charge on any atom is 0.233 e. The van der Waals surface area contributed by atoms with Crippen molar-refractivity contribution < 1.29 is 9.53 Å². The van der Waals surface area contributed by atoms with Crippen LogP contribution in [0.1, 0.15) is 46.5 Å². The highest BCUT2D eigenvalue weighted by Gasteiger charge is 2.42. The molecular formula is C27H33N5O2S. The topological polar surface area (TPSA) is 81.9 Å². The van der Waals surface area contributed by atoms with Crippen LogP contribution in [0.5, 0.6) is 5.75 Å². The zero-order valence-corrected chi connectivity index (χ0v) is 21.4. The Balaban J connectivity index is 1.36. The lowest BCUT2D eigenvalue weighted by Crippen LogP contribution is -2.43. The van der Waals surface area contributed by atoms with Gasteiger partial charge in [-0.3, -0.25) is 14.3 Å². The monoisotopic (exact) mass is 491 g/mol. The van der Waals surface area contributed by atoms with Crippen LogP contribution in [0.2, 0.25) is 0 Å². The molecule has 2 aliphatic carbocycles. The zero-order chi connectivity index (χ0) is 24.4. The average molecular weight is 492 g/mol.